The summed E-state index contributed by atoms with van der Waals surface area (Å²) in [6.45, 7) is 0.621. The van der Waals surface area contributed by atoms with Gasteiger partial charge in [0.15, 0.2) is 11.5 Å². The summed E-state index contributed by atoms with van der Waals surface area (Å²) in [5.74, 6) is 1.23. The quantitative estimate of drug-likeness (QED) is 0.873. The lowest BCUT2D eigenvalue weighted by molar-refractivity contribution is 0.355. The highest BCUT2D eigenvalue weighted by Crippen LogP contribution is 2.36. The first-order chi connectivity index (χ1) is 9.63. The molecule has 0 atom stereocenters. The number of halogens is 2. The summed E-state index contributed by atoms with van der Waals surface area (Å²) in [4.78, 5) is 0. The van der Waals surface area contributed by atoms with Crippen LogP contribution in [-0.2, 0) is 6.54 Å². The van der Waals surface area contributed by atoms with Crippen molar-refractivity contribution in [2.75, 3.05) is 19.5 Å². The van der Waals surface area contributed by atoms with Crippen molar-refractivity contribution in [1.29, 1.82) is 0 Å². The van der Waals surface area contributed by atoms with Crippen molar-refractivity contribution in [2.45, 2.75) is 6.54 Å². The summed E-state index contributed by atoms with van der Waals surface area (Å²) >= 11 is 12.2. The molecule has 0 aliphatic heterocycles. The minimum atomic E-state index is 0.574. The monoisotopic (exact) mass is 311 g/mol. The van der Waals surface area contributed by atoms with Crippen LogP contribution in [0.5, 0.6) is 11.5 Å². The second-order valence-corrected chi connectivity index (χ2v) is 5.01. The smallest absolute Gasteiger partial charge is 0.162 e. The maximum atomic E-state index is 6.21. The number of ether oxygens (including phenoxy) is 2. The van der Waals surface area contributed by atoms with E-state index in [0.717, 1.165) is 11.3 Å². The van der Waals surface area contributed by atoms with Gasteiger partial charge in [-0.25, -0.2) is 0 Å². The summed E-state index contributed by atoms with van der Waals surface area (Å²) in [6, 6.07) is 11.2. The molecule has 0 amide bonds. The molecule has 0 aliphatic carbocycles. The van der Waals surface area contributed by atoms with Gasteiger partial charge in [0, 0.05) is 23.7 Å². The van der Waals surface area contributed by atoms with Crippen LogP contribution < -0.4 is 14.8 Å². The van der Waals surface area contributed by atoms with E-state index >= 15 is 0 Å². The third-order valence-electron chi connectivity index (χ3n) is 2.85. The standard InChI is InChI=1S/C15H15Cl2NO2/c1-19-14-7-12(17)13(8-15(14)20-2)18-9-10-4-3-5-11(16)6-10/h3-8,18H,9H2,1-2H3. The van der Waals surface area contributed by atoms with Gasteiger partial charge in [0.05, 0.1) is 24.9 Å². The number of nitrogens with one attached hydrogen (secondary N) is 1. The Kier molecular flexibility index (Phi) is 4.99. The predicted octanol–water partition coefficient (Wildman–Crippen LogP) is 4.62. The van der Waals surface area contributed by atoms with Crippen LogP contribution >= 0.6 is 23.2 Å². The summed E-state index contributed by atoms with van der Waals surface area (Å²) in [7, 11) is 3.17. The predicted molar refractivity (Wildman–Crippen MR) is 83.3 cm³/mol. The second kappa shape index (κ2) is 6.73. The van der Waals surface area contributed by atoms with Crippen LogP contribution in [0.4, 0.5) is 5.69 Å². The summed E-state index contributed by atoms with van der Waals surface area (Å²) in [5, 5.41) is 4.54. The molecule has 20 heavy (non-hydrogen) atoms. The van der Waals surface area contributed by atoms with E-state index in [4.69, 9.17) is 32.7 Å². The molecule has 0 spiro atoms. The SMILES string of the molecule is COc1cc(Cl)c(NCc2cccc(Cl)c2)cc1OC. The summed E-state index contributed by atoms with van der Waals surface area (Å²) in [6.07, 6.45) is 0. The van der Waals surface area contributed by atoms with Crippen LogP contribution in [-0.4, -0.2) is 14.2 Å². The van der Waals surface area contributed by atoms with Crippen LogP contribution in [0.2, 0.25) is 10.0 Å². The van der Waals surface area contributed by atoms with Crippen molar-refractivity contribution < 1.29 is 9.47 Å². The third kappa shape index (κ3) is 3.50. The Bertz CT molecular complexity index is 602. The average molecular weight is 312 g/mol. The minimum Gasteiger partial charge on any atom is -0.493 e. The van der Waals surface area contributed by atoms with Crippen molar-refractivity contribution in [1.82, 2.24) is 0 Å². The van der Waals surface area contributed by atoms with Gasteiger partial charge in [-0.2, -0.15) is 0 Å². The van der Waals surface area contributed by atoms with Gasteiger partial charge < -0.3 is 14.8 Å². The van der Waals surface area contributed by atoms with E-state index in [-0.39, 0.29) is 0 Å². The second-order valence-electron chi connectivity index (χ2n) is 4.17. The van der Waals surface area contributed by atoms with E-state index in [1.807, 2.05) is 30.3 Å². The maximum absolute atomic E-state index is 6.21. The normalized spacial score (nSPS) is 10.2. The zero-order valence-electron chi connectivity index (χ0n) is 11.2. The lowest BCUT2D eigenvalue weighted by Gasteiger charge is -2.13. The van der Waals surface area contributed by atoms with Crippen molar-refractivity contribution in [3.8, 4) is 11.5 Å². The summed E-state index contributed by atoms with van der Waals surface area (Å²) < 4.78 is 10.5. The largest absolute Gasteiger partial charge is 0.493 e. The Hall–Kier alpha value is -1.58. The molecule has 2 aromatic carbocycles. The van der Waals surface area contributed by atoms with Crippen molar-refractivity contribution in [3.63, 3.8) is 0 Å². The molecular formula is C15H15Cl2NO2. The molecule has 0 saturated heterocycles. The molecule has 0 saturated carbocycles. The van der Waals surface area contributed by atoms with E-state index < -0.39 is 0 Å². The number of hydrogen-bond donors (Lipinski definition) is 1. The van der Waals surface area contributed by atoms with Gasteiger partial charge in [-0.05, 0) is 17.7 Å². The van der Waals surface area contributed by atoms with Gasteiger partial charge in [-0.3, -0.25) is 0 Å². The molecule has 5 heteroatoms. The number of hydrogen-bond acceptors (Lipinski definition) is 3. The Morgan fingerprint density at radius 1 is 1.00 bits per heavy atom. The topological polar surface area (TPSA) is 30.5 Å². The van der Waals surface area contributed by atoms with Gasteiger partial charge in [-0.1, -0.05) is 35.3 Å². The number of benzene rings is 2. The zero-order valence-corrected chi connectivity index (χ0v) is 12.8. The molecule has 0 aromatic heterocycles. The van der Waals surface area contributed by atoms with Crippen LogP contribution in [0.15, 0.2) is 36.4 Å². The first kappa shape index (κ1) is 14.8. The van der Waals surface area contributed by atoms with Gasteiger partial charge >= 0.3 is 0 Å². The Morgan fingerprint density at radius 3 is 2.35 bits per heavy atom. The molecule has 0 fully saturated rings. The molecule has 0 unspecified atom stereocenters. The number of methoxy groups -OCH3 is 2. The molecule has 1 N–H and O–H groups in total. The molecule has 2 rings (SSSR count). The fourth-order valence-electron chi connectivity index (χ4n) is 1.83. The van der Waals surface area contributed by atoms with Gasteiger partial charge in [0.2, 0.25) is 0 Å². The van der Waals surface area contributed by atoms with Gasteiger partial charge in [0.1, 0.15) is 0 Å². The van der Waals surface area contributed by atoms with Gasteiger partial charge in [-0.15, -0.1) is 0 Å². The van der Waals surface area contributed by atoms with E-state index in [1.54, 1.807) is 20.3 Å². The number of anilines is 1. The van der Waals surface area contributed by atoms with Crippen LogP contribution in [0.25, 0.3) is 0 Å². The van der Waals surface area contributed by atoms with Crippen molar-refractivity contribution in [2.24, 2.45) is 0 Å². The highest BCUT2D eigenvalue weighted by atomic mass is 35.5. The lowest BCUT2D eigenvalue weighted by Crippen LogP contribution is -2.01. The first-order valence-electron chi connectivity index (χ1n) is 6.04. The molecule has 0 bridgehead atoms. The minimum absolute atomic E-state index is 0.574. The molecule has 0 aliphatic rings. The molecule has 3 nitrogen and oxygen atoms in total. The zero-order chi connectivity index (χ0) is 14.5. The summed E-state index contributed by atoms with van der Waals surface area (Å²) in [5.41, 5.74) is 1.85. The van der Waals surface area contributed by atoms with E-state index in [1.165, 1.54) is 0 Å². The third-order valence-corrected chi connectivity index (χ3v) is 3.39. The Morgan fingerprint density at radius 2 is 1.70 bits per heavy atom. The van der Waals surface area contributed by atoms with Gasteiger partial charge in [0.25, 0.3) is 0 Å². The molecule has 0 heterocycles. The molecular weight excluding hydrogens is 297 g/mol. The highest BCUT2D eigenvalue weighted by Gasteiger charge is 2.09. The number of rotatable bonds is 5. The fourth-order valence-corrected chi connectivity index (χ4v) is 2.27. The average Bonchev–Trinajstić information content (AvgIpc) is 2.45. The molecule has 2 aromatic rings. The molecule has 106 valence electrons. The molecule has 0 radical (unpaired) electrons. The van der Waals surface area contributed by atoms with Crippen LogP contribution in [0.1, 0.15) is 5.56 Å². The van der Waals surface area contributed by atoms with Crippen LogP contribution in [0.3, 0.4) is 0 Å². The van der Waals surface area contributed by atoms with E-state index in [9.17, 15) is 0 Å². The lowest BCUT2D eigenvalue weighted by atomic mass is 10.2. The van der Waals surface area contributed by atoms with Crippen molar-refractivity contribution >= 4 is 28.9 Å². The highest BCUT2D eigenvalue weighted by molar-refractivity contribution is 6.33. The Balaban J connectivity index is 2.17. The van der Waals surface area contributed by atoms with Crippen molar-refractivity contribution in [3.05, 3.63) is 52.0 Å². The maximum Gasteiger partial charge on any atom is 0.162 e. The Labute approximate surface area is 128 Å². The fraction of sp³-hybridized carbons (Fsp3) is 0.200. The van der Waals surface area contributed by atoms with E-state index in [0.29, 0.717) is 28.1 Å². The van der Waals surface area contributed by atoms with Crippen LogP contribution in [0, 0.1) is 0 Å². The first-order valence-corrected chi connectivity index (χ1v) is 6.79. The van der Waals surface area contributed by atoms with E-state index in [2.05, 4.69) is 5.32 Å².